The van der Waals surface area contributed by atoms with E-state index < -0.39 is 72.6 Å². The summed E-state index contributed by atoms with van der Waals surface area (Å²) in [6.45, 7) is 0. The van der Waals surface area contributed by atoms with E-state index in [0.29, 0.717) is 17.9 Å². The highest BCUT2D eigenvalue weighted by atomic mass is 32.2. The van der Waals surface area contributed by atoms with Gasteiger partial charge in [0.25, 0.3) is 0 Å². The fourth-order valence-electron chi connectivity index (χ4n) is 3.11. The maximum absolute atomic E-state index is 13.1. The second-order valence-electron chi connectivity index (χ2n) is 8.13. The lowest BCUT2D eigenvalue weighted by molar-refractivity contribution is -0.143. The molecular weight excluding hydrogens is 510 g/mol. The summed E-state index contributed by atoms with van der Waals surface area (Å²) in [5.74, 6) is -5.24. The number of nitrogens with one attached hydrogen (secondary N) is 4. The van der Waals surface area contributed by atoms with Gasteiger partial charge in [0.05, 0.1) is 12.4 Å². The Bertz CT molecular complexity index is 943. The van der Waals surface area contributed by atoms with Crippen molar-refractivity contribution in [1.82, 2.24) is 25.9 Å². The number of amides is 4. The number of hydrogen-bond donors (Lipinski definition) is 8. The van der Waals surface area contributed by atoms with Crippen molar-refractivity contribution >= 4 is 47.3 Å². The number of nitrogens with zero attached hydrogens (tertiary/aromatic N) is 1. The van der Waals surface area contributed by atoms with Crippen molar-refractivity contribution in [3.05, 3.63) is 18.2 Å². The zero-order chi connectivity index (χ0) is 28.0. The number of thioether (sulfide) groups is 1. The Labute approximate surface area is 216 Å². The average molecular weight is 544 g/mol. The van der Waals surface area contributed by atoms with Crippen molar-refractivity contribution in [2.24, 2.45) is 11.5 Å². The third-order valence-corrected chi connectivity index (χ3v) is 5.80. The normalized spacial score (nSPS) is 14.0. The van der Waals surface area contributed by atoms with Crippen LogP contribution in [0.15, 0.2) is 12.5 Å². The zero-order valence-corrected chi connectivity index (χ0v) is 21.1. The van der Waals surface area contributed by atoms with Gasteiger partial charge in [-0.15, -0.1) is 0 Å². The van der Waals surface area contributed by atoms with E-state index >= 15 is 0 Å². The van der Waals surface area contributed by atoms with E-state index in [1.807, 2.05) is 6.26 Å². The Morgan fingerprint density at radius 2 is 1.54 bits per heavy atom. The molecule has 0 radical (unpaired) electrons. The second-order valence-corrected chi connectivity index (χ2v) is 9.11. The van der Waals surface area contributed by atoms with E-state index in [0.717, 1.165) is 0 Å². The quantitative estimate of drug-likeness (QED) is 0.0976. The topological polar surface area (TPSA) is 260 Å². The Morgan fingerprint density at radius 1 is 0.946 bits per heavy atom. The molecule has 37 heavy (non-hydrogen) atoms. The Morgan fingerprint density at radius 3 is 2.08 bits per heavy atom. The first kappa shape index (κ1) is 31.4. The summed E-state index contributed by atoms with van der Waals surface area (Å²) in [7, 11) is 0. The highest BCUT2D eigenvalue weighted by molar-refractivity contribution is 7.98. The van der Waals surface area contributed by atoms with Crippen LogP contribution in [0.4, 0.5) is 0 Å². The average Bonchev–Trinajstić information content (AvgIpc) is 3.34. The van der Waals surface area contributed by atoms with Gasteiger partial charge in [0.2, 0.25) is 23.6 Å². The molecule has 0 aliphatic carbocycles. The minimum Gasteiger partial charge on any atom is -0.481 e. The first-order valence-corrected chi connectivity index (χ1v) is 12.7. The van der Waals surface area contributed by atoms with Crippen LogP contribution in [0.25, 0.3) is 0 Å². The molecule has 206 valence electrons. The van der Waals surface area contributed by atoms with Gasteiger partial charge in [0.1, 0.15) is 18.1 Å². The highest BCUT2D eigenvalue weighted by Gasteiger charge is 2.31. The molecule has 0 fully saturated rings. The molecule has 0 aliphatic heterocycles. The lowest BCUT2D eigenvalue weighted by Crippen LogP contribution is -2.57. The monoisotopic (exact) mass is 543 g/mol. The summed E-state index contributed by atoms with van der Waals surface area (Å²) < 4.78 is 0. The van der Waals surface area contributed by atoms with Gasteiger partial charge >= 0.3 is 11.9 Å². The number of aromatic amines is 1. The van der Waals surface area contributed by atoms with E-state index in [9.17, 15) is 33.9 Å². The maximum atomic E-state index is 13.1. The Kier molecular flexibility index (Phi) is 13.7. The molecule has 10 N–H and O–H groups in total. The van der Waals surface area contributed by atoms with Crippen LogP contribution in [0, 0.1) is 0 Å². The van der Waals surface area contributed by atoms with Gasteiger partial charge < -0.3 is 42.6 Å². The van der Waals surface area contributed by atoms with Crippen LogP contribution in [0.1, 0.15) is 37.8 Å². The van der Waals surface area contributed by atoms with Gasteiger partial charge in [-0.25, -0.2) is 9.78 Å². The van der Waals surface area contributed by atoms with Crippen LogP contribution < -0.4 is 27.4 Å². The Balaban J connectivity index is 3.05. The summed E-state index contributed by atoms with van der Waals surface area (Å²) in [6.07, 6.45) is 3.49. The van der Waals surface area contributed by atoms with Gasteiger partial charge in [-0.2, -0.15) is 11.8 Å². The van der Waals surface area contributed by atoms with Crippen LogP contribution in [0.5, 0.6) is 0 Å². The zero-order valence-electron chi connectivity index (χ0n) is 20.3. The van der Waals surface area contributed by atoms with Crippen molar-refractivity contribution < 1.29 is 39.0 Å². The summed E-state index contributed by atoms with van der Waals surface area (Å²) in [6, 6.07) is -5.03. The molecular formula is C21H33N7O8S. The number of rotatable bonds is 18. The number of carbonyl (C=O) groups excluding carboxylic acids is 4. The van der Waals surface area contributed by atoms with Gasteiger partial charge in [0.15, 0.2) is 0 Å². The summed E-state index contributed by atoms with van der Waals surface area (Å²) in [5.41, 5.74) is 11.6. The molecule has 16 heteroatoms. The van der Waals surface area contributed by atoms with Crippen LogP contribution in [0.3, 0.4) is 0 Å². The van der Waals surface area contributed by atoms with Crippen LogP contribution in [-0.4, -0.2) is 91.9 Å². The smallest absolute Gasteiger partial charge is 0.326 e. The fraction of sp³-hybridized carbons (Fsp3) is 0.571. The van der Waals surface area contributed by atoms with E-state index in [-0.39, 0.29) is 19.3 Å². The summed E-state index contributed by atoms with van der Waals surface area (Å²) in [4.78, 5) is 78.8. The van der Waals surface area contributed by atoms with E-state index in [2.05, 4.69) is 25.9 Å². The number of aliphatic carboxylic acids is 2. The van der Waals surface area contributed by atoms with E-state index in [4.69, 9.17) is 16.6 Å². The number of carboxylic acid groups (broad SMARTS) is 2. The molecule has 4 unspecified atom stereocenters. The van der Waals surface area contributed by atoms with E-state index in [1.165, 1.54) is 24.3 Å². The molecule has 15 nitrogen and oxygen atoms in total. The minimum atomic E-state index is -1.55. The molecule has 4 amide bonds. The molecule has 0 bridgehead atoms. The van der Waals surface area contributed by atoms with Gasteiger partial charge in [-0.05, 0) is 31.3 Å². The lowest BCUT2D eigenvalue weighted by atomic mass is 10.1. The largest absolute Gasteiger partial charge is 0.481 e. The molecule has 0 saturated heterocycles. The number of carboxylic acids is 2. The molecule has 1 rings (SSSR count). The fourth-order valence-corrected chi connectivity index (χ4v) is 3.60. The molecule has 0 saturated carbocycles. The molecule has 4 atom stereocenters. The summed E-state index contributed by atoms with van der Waals surface area (Å²) >= 11 is 1.50. The van der Waals surface area contributed by atoms with Crippen molar-refractivity contribution in [3.8, 4) is 0 Å². The van der Waals surface area contributed by atoms with Gasteiger partial charge in [0, 0.05) is 31.2 Å². The van der Waals surface area contributed by atoms with Crippen LogP contribution in [0.2, 0.25) is 0 Å². The number of H-pyrrole nitrogens is 1. The molecule has 0 aliphatic rings. The predicted octanol–water partition coefficient (Wildman–Crippen LogP) is -2.30. The molecule has 1 heterocycles. The Hall–Kier alpha value is -3.66. The number of aromatic nitrogens is 2. The number of hydrogen-bond acceptors (Lipinski definition) is 9. The molecule has 0 spiro atoms. The number of nitrogens with two attached hydrogens (primary N) is 2. The van der Waals surface area contributed by atoms with E-state index in [1.54, 1.807) is 0 Å². The predicted molar refractivity (Wildman–Crippen MR) is 132 cm³/mol. The van der Waals surface area contributed by atoms with Crippen molar-refractivity contribution in [3.63, 3.8) is 0 Å². The third-order valence-electron chi connectivity index (χ3n) is 5.16. The number of carbonyl (C=O) groups is 6. The number of primary amides is 1. The minimum absolute atomic E-state index is 0.0344. The maximum Gasteiger partial charge on any atom is 0.326 e. The van der Waals surface area contributed by atoms with Crippen molar-refractivity contribution in [2.45, 2.75) is 62.7 Å². The lowest BCUT2D eigenvalue weighted by Gasteiger charge is -2.25. The summed E-state index contributed by atoms with van der Waals surface area (Å²) in [5, 5.41) is 25.3. The first-order chi connectivity index (χ1) is 17.4. The SMILES string of the molecule is CSCCC(N)C(=O)NC(Cc1cnc[nH]1)C(=O)NC(CCC(N)=O)C(=O)NC(CCC(=O)O)C(=O)O. The van der Waals surface area contributed by atoms with Gasteiger partial charge in [-0.3, -0.25) is 24.0 Å². The van der Waals surface area contributed by atoms with Gasteiger partial charge in [-0.1, -0.05) is 0 Å². The van der Waals surface area contributed by atoms with Crippen molar-refractivity contribution in [1.29, 1.82) is 0 Å². The molecule has 0 aromatic carbocycles. The van der Waals surface area contributed by atoms with Crippen LogP contribution >= 0.6 is 11.8 Å². The number of imidazole rings is 1. The molecule has 1 aromatic rings. The second kappa shape index (κ2) is 16.2. The van der Waals surface area contributed by atoms with Crippen molar-refractivity contribution in [2.75, 3.05) is 12.0 Å². The first-order valence-electron chi connectivity index (χ1n) is 11.3. The third kappa shape index (κ3) is 12.2. The van der Waals surface area contributed by atoms with Crippen LogP contribution in [-0.2, 0) is 35.2 Å². The molecule has 1 aromatic heterocycles. The standard InChI is InChI=1S/C21H33N7O8S/c1-37-7-6-12(22)18(32)28-15(8-11-9-24-10-25-11)20(34)26-13(2-4-16(23)29)19(33)27-14(21(35)36)3-5-17(30)31/h9-10,12-15H,2-8,22H2,1H3,(H2,23,29)(H,24,25)(H,26,34)(H,27,33)(H,28,32)(H,30,31)(H,35,36). The highest BCUT2D eigenvalue weighted by Crippen LogP contribution is 2.06.